The van der Waals surface area contributed by atoms with Crippen LogP contribution in [-0.4, -0.2) is 18.7 Å². The van der Waals surface area contributed by atoms with Crippen molar-refractivity contribution in [2.24, 2.45) is 10.9 Å². The van der Waals surface area contributed by atoms with Crippen LogP contribution in [-0.2, 0) is 4.79 Å². The van der Waals surface area contributed by atoms with Crippen molar-refractivity contribution >= 4 is 17.8 Å². The molecule has 0 saturated heterocycles. The minimum atomic E-state index is -0.205. The maximum absolute atomic E-state index is 11.7. The summed E-state index contributed by atoms with van der Waals surface area (Å²) < 4.78 is 5.39. The fraction of sp³-hybridized carbons (Fsp3) is 0.0667. The summed E-state index contributed by atoms with van der Waals surface area (Å²) >= 11 is 0. The zero-order valence-electron chi connectivity index (χ0n) is 10.8. The van der Waals surface area contributed by atoms with Gasteiger partial charge in [0, 0.05) is 5.69 Å². The molecule has 0 radical (unpaired) electrons. The average molecular weight is 269 g/mol. The minimum Gasteiger partial charge on any atom is -0.484 e. The van der Waals surface area contributed by atoms with Crippen molar-refractivity contribution in [1.29, 1.82) is 0 Å². The van der Waals surface area contributed by atoms with Gasteiger partial charge in [-0.05, 0) is 42.0 Å². The highest BCUT2D eigenvalue weighted by Gasteiger charge is 2.03. The second kappa shape index (κ2) is 6.94. The van der Waals surface area contributed by atoms with E-state index in [1.807, 2.05) is 30.3 Å². The maximum Gasteiger partial charge on any atom is 0.262 e. The molecule has 0 spiro atoms. The summed E-state index contributed by atoms with van der Waals surface area (Å²) in [5, 5.41) is 6.17. The number of hydrogen-bond donors (Lipinski definition) is 2. The van der Waals surface area contributed by atoms with Crippen molar-refractivity contribution < 1.29 is 9.53 Å². The number of hydrogen-bond acceptors (Lipinski definition) is 4. The molecule has 0 unspecified atom stereocenters. The SMILES string of the molecule is NN=Cc1ccc(OCC(=O)Nc2ccccc2)cc1. The third kappa shape index (κ3) is 4.13. The van der Waals surface area contributed by atoms with Crippen LogP contribution < -0.4 is 15.9 Å². The van der Waals surface area contributed by atoms with Crippen LogP contribution in [0.5, 0.6) is 5.75 Å². The van der Waals surface area contributed by atoms with Crippen LogP contribution in [0.3, 0.4) is 0 Å². The summed E-state index contributed by atoms with van der Waals surface area (Å²) in [5.74, 6) is 5.46. The lowest BCUT2D eigenvalue weighted by molar-refractivity contribution is -0.118. The molecule has 2 rings (SSSR count). The van der Waals surface area contributed by atoms with Crippen LogP contribution in [0.15, 0.2) is 59.7 Å². The fourth-order valence-electron chi connectivity index (χ4n) is 1.60. The second-order valence-corrected chi connectivity index (χ2v) is 4.05. The van der Waals surface area contributed by atoms with Crippen LogP contribution in [0.2, 0.25) is 0 Å². The number of benzene rings is 2. The summed E-state index contributed by atoms with van der Waals surface area (Å²) in [6.45, 7) is -0.0424. The van der Waals surface area contributed by atoms with Crippen LogP contribution in [0.1, 0.15) is 5.56 Å². The first-order valence-electron chi connectivity index (χ1n) is 6.09. The van der Waals surface area contributed by atoms with Crippen molar-refractivity contribution in [3.63, 3.8) is 0 Å². The van der Waals surface area contributed by atoms with Gasteiger partial charge in [-0.25, -0.2) is 0 Å². The van der Waals surface area contributed by atoms with Gasteiger partial charge in [-0.15, -0.1) is 0 Å². The minimum absolute atomic E-state index is 0.0424. The highest BCUT2D eigenvalue weighted by atomic mass is 16.5. The van der Waals surface area contributed by atoms with Gasteiger partial charge in [0.05, 0.1) is 6.21 Å². The quantitative estimate of drug-likeness (QED) is 0.495. The van der Waals surface area contributed by atoms with E-state index in [4.69, 9.17) is 10.6 Å². The van der Waals surface area contributed by atoms with E-state index >= 15 is 0 Å². The van der Waals surface area contributed by atoms with Gasteiger partial charge < -0.3 is 15.9 Å². The first kappa shape index (κ1) is 13.6. The number of rotatable bonds is 5. The molecule has 2 aromatic rings. The number of carbonyl (C=O) groups excluding carboxylic acids is 1. The number of nitrogens with one attached hydrogen (secondary N) is 1. The molecule has 0 aliphatic carbocycles. The number of carbonyl (C=O) groups is 1. The van der Waals surface area contributed by atoms with Gasteiger partial charge in [-0.3, -0.25) is 4.79 Å². The molecule has 1 amide bonds. The molecule has 2 aromatic carbocycles. The van der Waals surface area contributed by atoms with Crippen molar-refractivity contribution in [3.05, 3.63) is 60.2 Å². The molecule has 5 heteroatoms. The highest BCUT2D eigenvalue weighted by molar-refractivity contribution is 5.91. The zero-order chi connectivity index (χ0) is 14.2. The van der Waals surface area contributed by atoms with Crippen LogP contribution in [0, 0.1) is 0 Å². The van der Waals surface area contributed by atoms with E-state index in [9.17, 15) is 4.79 Å². The summed E-state index contributed by atoms with van der Waals surface area (Å²) in [6.07, 6.45) is 1.53. The maximum atomic E-state index is 11.7. The smallest absolute Gasteiger partial charge is 0.262 e. The molecule has 0 atom stereocenters. The number of ether oxygens (including phenoxy) is 1. The molecule has 0 fully saturated rings. The zero-order valence-corrected chi connectivity index (χ0v) is 10.8. The van der Waals surface area contributed by atoms with Crippen molar-refractivity contribution in [2.45, 2.75) is 0 Å². The molecule has 0 saturated carbocycles. The Morgan fingerprint density at radius 1 is 1.15 bits per heavy atom. The van der Waals surface area contributed by atoms with E-state index < -0.39 is 0 Å². The van der Waals surface area contributed by atoms with E-state index in [0.717, 1.165) is 11.3 Å². The first-order valence-corrected chi connectivity index (χ1v) is 6.09. The standard InChI is InChI=1S/C15H15N3O2/c16-17-10-12-6-8-14(9-7-12)20-11-15(19)18-13-4-2-1-3-5-13/h1-10H,11,16H2,(H,18,19). The third-order valence-corrected chi connectivity index (χ3v) is 2.53. The molecular weight excluding hydrogens is 254 g/mol. The van der Waals surface area contributed by atoms with Gasteiger partial charge in [0.2, 0.25) is 0 Å². The predicted octanol–water partition coefficient (Wildman–Crippen LogP) is 2.00. The lowest BCUT2D eigenvalue weighted by atomic mass is 10.2. The molecule has 102 valence electrons. The Morgan fingerprint density at radius 3 is 2.50 bits per heavy atom. The Balaban J connectivity index is 1.84. The fourth-order valence-corrected chi connectivity index (χ4v) is 1.60. The van der Waals surface area contributed by atoms with Gasteiger partial charge in [0.25, 0.3) is 5.91 Å². The first-order chi connectivity index (χ1) is 9.78. The summed E-state index contributed by atoms with van der Waals surface area (Å²) in [6, 6.07) is 16.4. The third-order valence-electron chi connectivity index (χ3n) is 2.53. The molecule has 0 aromatic heterocycles. The van der Waals surface area contributed by atoms with E-state index in [2.05, 4.69) is 10.4 Å². The highest BCUT2D eigenvalue weighted by Crippen LogP contribution is 2.11. The van der Waals surface area contributed by atoms with Crippen LogP contribution in [0.4, 0.5) is 5.69 Å². The number of hydrazone groups is 1. The second-order valence-electron chi connectivity index (χ2n) is 4.05. The monoisotopic (exact) mass is 269 g/mol. The molecule has 0 aliphatic heterocycles. The Hall–Kier alpha value is -2.82. The molecule has 20 heavy (non-hydrogen) atoms. The number of amides is 1. The predicted molar refractivity (Wildman–Crippen MR) is 78.8 cm³/mol. The van der Waals surface area contributed by atoms with Gasteiger partial charge in [0.1, 0.15) is 5.75 Å². The van der Waals surface area contributed by atoms with Crippen LogP contribution >= 0.6 is 0 Å². The topological polar surface area (TPSA) is 76.7 Å². The lowest BCUT2D eigenvalue weighted by Crippen LogP contribution is -2.20. The van der Waals surface area contributed by atoms with E-state index in [1.165, 1.54) is 6.21 Å². The Morgan fingerprint density at radius 2 is 1.85 bits per heavy atom. The van der Waals surface area contributed by atoms with Gasteiger partial charge in [0.15, 0.2) is 6.61 Å². The van der Waals surface area contributed by atoms with E-state index in [0.29, 0.717) is 5.75 Å². The molecule has 0 heterocycles. The van der Waals surface area contributed by atoms with Crippen LogP contribution in [0.25, 0.3) is 0 Å². The molecule has 3 N–H and O–H groups in total. The number of para-hydroxylation sites is 1. The Bertz CT molecular complexity index is 580. The lowest BCUT2D eigenvalue weighted by Gasteiger charge is -2.07. The Labute approximate surface area is 117 Å². The van der Waals surface area contributed by atoms with Gasteiger partial charge in [-0.1, -0.05) is 18.2 Å². The van der Waals surface area contributed by atoms with Crippen molar-refractivity contribution in [3.8, 4) is 5.75 Å². The molecule has 0 aliphatic rings. The molecular formula is C15H15N3O2. The van der Waals surface area contributed by atoms with E-state index in [1.54, 1.807) is 24.3 Å². The van der Waals surface area contributed by atoms with Crippen molar-refractivity contribution in [1.82, 2.24) is 0 Å². The number of nitrogens with two attached hydrogens (primary N) is 1. The van der Waals surface area contributed by atoms with Crippen molar-refractivity contribution in [2.75, 3.05) is 11.9 Å². The van der Waals surface area contributed by atoms with E-state index in [-0.39, 0.29) is 12.5 Å². The summed E-state index contributed by atoms with van der Waals surface area (Å²) in [5.41, 5.74) is 1.61. The molecule has 0 bridgehead atoms. The largest absolute Gasteiger partial charge is 0.484 e. The van der Waals surface area contributed by atoms with Gasteiger partial charge >= 0.3 is 0 Å². The Kier molecular flexibility index (Phi) is 4.72. The number of anilines is 1. The summed E-state index contributed by atoms with van der Waals surface area (Å²) in [4.78, 5) is 11.7. The number of nitrogens with zero attached hydrogens (tertiary/aromatic N) is 1. The summed E-state index contributed by atoms with van der Waals surface area (Å²) in [7, 11) is 0. The normalized spacial score (nSPS) is 10.4. The molecule has 5 nitrogen and oxygen atoms in total. The average Bonchev–Trinajstić information content (AvgIpc) is 2.48. The van der Waals surface area contributed by atoms with Gasteiger partial charge in [-0.2, -0.15) is 5.10 Å².